The van der Waals surface area contributed by atoms with Gasteiger partial charge in [-0.3, -0.25) is 0 Å². The number of hydrogen-bond acceptors (Lipinski definition) is 4. The Hall–Kier alpha value is -1.81. The SMILES string of the molecule is CCNc1nc(-c2ccc(O)c(Cl)c2)nc2c1CCCC2. The molecule has 0 radical (unpaired) electrons. The molecule has 0 saturated carbocycles. The number of nitrogens with one attached hydrogen (secondary N) is 1. The van der Waals surface area contributed by atoms with Crippen LogP contribution >= 0.6 is 11.6 Å². The zero-order chi connectivity index (χ0) is 14.8. The number of rotatable bonds is 3. The molecule has 0 amide bonds. The van der Waals surface area contributed by atoms with Crippen molar-refractivity contribution in [3.8, 4) is 17.1 Å². The maximum Gasteiger partial charge on any atom is 0.161 e. The smallest absolute Gasteiger partial charge is 0.161 e. The highest BCUT2D eigenvalue weighted by molar-refractivity contribution is 6.32. The van der Waals surface area contributed by atoms with E-state index >= 15 is 0 Å². The fourth-order valence-corrected chi connectivity index (χ4v) is 2.86. The van der Waals surface area contributed by atoms with Crippen LogP contribution in [0, 0.1) is 0 Å². The summed E-state index contributed by atoms with van der Waals surface area (Å²) in [7, 11) is 0. The number of aromatic nitrogens is 2. The molecule has 2 aromatic rings. The zero-order valence-electron chi connectivity index (χ0n) is 12.0. The Morgan fingerprint density at radius 1 is 1.24 bits per heavy atom. The first kappa shape index (κ1) is 14.1. The molecule has 110 valence electrons. The standard InChI is InChI=1S/C16H18ClN3O/c1-2-18-16-11-5-3-4-6-13(11)19-15(20-16)10-7-8-14(21)12(17)9-10/h7-9,21H,2-6H2,1H3,(H,18,19,20). The molecule has 0 saturated heterocycles. The van der Waals surface area contributed by atoms with Crippen LogP contribution in [0.3, 0.4) is 0 Å². The molecule has 1 aromatic carbocycles. The first-order valence-electron chi connectivity index (χ1n) is 7.31. The molecular weight excluding hydrogens is 286 g/mol. The Morgan fingerprint density at radius 3 is 2.81 bits per heavy atom. The van der Waals surface area contributed by atoms with Gasteiger partial charge in [0.15, 0.2) is 5.82 Å². The summed E-state index contributed by atoms with van der Waals surface area (Å²) in [6.45, 7) is 2.90. The van der Waals surface area contributed by atoms with E-state index in [2.05, 4.69) is 17.2 Å². The predicted molar refractivity (Wildman–Crippen MR) is 84.9 cm³/mol. The minimum Gasteiger partial charge on any atom is -0.506 e. The van der Waals surface area contributed by atoms with Crippen LogP contribution in [-0.2, 0) is 12.8 Å². The van der Waals surface area contributed by atoms with Crippen molar-refractivity contribution in [1.82, 2.24) is 9.97 Å². The zero-order valence-corrected chi connectivity index (χ0v) is 12.7. The van der Waals surface area contributed by atoms with Crippen molar-refractivity contribution in [2.45, 2.75) is 32.6 Å². The van der Waals surface area contributed by atoms with Crippen LogP contribution in [0.5, 0.6) is 5.75 Å². The quantitative estimate of drug-likeness (QED) is 0.905. The topological polar surface area (TPSA) is 58.0 Å². The van der Waals surface area contributed by atoms with Gasteiger partial charge in [-0.05, 0) is 50.8 Å². The van der Waals surface area contributed by atoms with Crippen molar-refractivity contribution in [2.24, 2.45) is 0 Å². The number of halogens is 1. The molecule has 0 atom stereocenters. The van der Waals surface area contributed by atoms with E-state index in [0.29, 0.717) is 10.8 Å². The van der Waals surface area contributed by atoms with Crippen LogP contribution in [0.2, 0.25) is 5.02 Å². The Labute approximate surface area is 129 Å². The lowest BCUT2D eigenvalue weighted by molar-refractivity contribution is 0.475. The predicted octanol–water partition coefficient (Wildman–Crippen LogP) is 3.81. The lowest BCUT2D eigenvalue weighted by atomic mass is 9.96. The molecule has 0 fully saturated rings. The van der Waals surface area contributed by atoms with E-state index in [1.54, 1.807) is 18.2 Å². The van der Waals surface area contributed by atoms with Gasteiger partial charge >= 0.3 is 0 Å². The highest BCUT2D eigenvalue weighted by atomic mass is 35.5. The number of phenolic OH excluding ortho intramolecular Hbond substituents is 1. The van der Waals surface area contributed by atoms with E-state index in [4.69, 9.17) is 16.6 Å². The Bertz CT molecular complexity index is 673. The first-order chi connectivity index (χ1) is 10.2. The van der Waals surface area contributed by atoms with Gasteiger partial charge in [-0.1, -0.05) is 11.6 Å². The Balaban J connectivity index is 2.09. The maximum atomic E-state index is 9.54. The molecule has 2 N–H and O–H groups in total. The van der Waals surface area contributed by atoms with Crippen LogP contribution in [0.15, 0.2) is 18.2 Å². The molecule has 3 rings (SSSR count). The number of nitrogens with zero attached hydrogens (tertiary/aromatic N) is 2. The summed E-state index contributed by atoms with van der Waals surface area (Å²) >= 11 is 5.99. The van der Waals surface area contributed by atoms with Gasteiger partial charge in [-0.25, -0.2) is 9.97 Å². The molecule has 1 aliphatic carbocycles. The van der Waals surface area contributed by atoms with Gasteiger partial charge < -0.3 is 10.4 Å². The molecule has 1 heterocycles. The summed E-state index contributed by atoms with van der Waals surface area (Å²) in [5.74, 6) is 1.67. The molecule has 0 unspecified atom stereocenters. The van der Waals surface area contributed by atoms with Gasteiger partial charge in [0, 0.05) is 23.4 Å². The van der Waals surface area contributed by atoms with Gasteiger partial charge in [0.2, 0.25) is 0 Å². The second kappa shape index (κ2) is 5.90. The molecular formula is C16H18ClN3O. The molecule has 0 spiro atoms. The highest BCUT2D eigenvalue weighted by Crippen LogP contribution is 2.31. The molecule has 4 nitrogen and oxygen atoms in total. The summed E-state index contributed by atoms with van der Waals surface area (Å²) in [6.07, 6.45) is 4.40. The molecule has 0 aliphatic heterocycles. The third-order valence-corrected chi connectivity index (χ3v) is 4.04. The van der Waals surface area contributed by atoms with Crippen molar-refractivity contribution in [1.29, 1.82) is 0 Å². The average Bonchev–Trinajstić information content (AvgIpc) is 2.50. The largest absolute Gasteiger partial charge is 0.506 e. The van der Waals surface area contributed by atoms with Crippen LogP contribution in [0.4, 0.5) is 5.82 Å². The third kappa shape index (κ3) is 2.81. The van der Waals surface area contributed by atoms with E-state index < -0.39 is 0 Å². The van der Waals surface area contributed by atoms with E-state index in [1.807, 2.05) is 0 Å². The van der Waals surface area contributed by atoms with Gasteiger partial charge in [-0.2, -0.15) is 0 Å². The van der Waals surface area contributed by atoms with Crippen molar-refractivity contribution in [3.63, 3.8) is 0 Å². The minimum atomic E-state index is 0.0743. The van der Waals surface area contributed by atoms with Gasteiger partial charge in [0.1, 0.15) is 11.6 Å². The van der Waals surface area contributed by atoms with Crippen LogP contribution in [0.25, 0.3) is 11.4 Å². The van der Waals surface area contributed by atoms with Gasteiger partial charge in [-0.15, -0.1) is 0 Å². The molecule has 5 heteroatoms. The normalized spacial score (nSPS) is 13.8. The van der Waals surface area contributed by atoms with Crippen LogP contribution in [-0.4, -0.2) is 21.6 Å². The monoisotopic (exact) mass is 303 g/mol. The summed E-state index contributed by atoms with van der Waals surface area (Å²) in [6, 6.07) is 5.08. The Kier molecular flexibility index (Phi) is 3.97. The van der Waals surface area contributed by atoms with Crippen LogP contribution < -0.4 is 5.32 Å². The summed E-state index contributed by atoms with van der Waals surface area (Å²) in [5.41, 5.74) is 3.20. The third-order valence-electron chi connectivity index (χ3n) is 3.73. The number of anilines is 1. The molecule has 0 bridgehead atoms. The Morgan fingerprint density at radius 2 is 2.05 bits per heavy atom. The molecule has 1 aliphatic rings. The summed E-state index contributed by atoms with van der Waals surface area (Å²) in [4.78, 5) is 9.36. The van der Waals surface area contributed by atoms with Crippen molar-refractivity contribution >= 4 is 17.4 Å². The van der Waals surface area contributed by atoms with Crippen molar-refractivity contribution < 1.29 is 5.11 Å². The molecule has 21 heavy (non-hydrogen) atoms. The highest BCUT2D eigenvalue weighted by Gasteiger charge is 2.18. The first-order valence-corrected chi connectivity index (χ1v) is 7.69. The second-order valence-corrected chi connectivity index (χ2v) is 5.63. The lowest BCUT2D eigenvalue weighted by Crippen LogP contribution is -2.13. The average molecular weight is 304 g/mol. The van der Waals surface area contributed by atoms with E-state index in [9.17, 15) is 5.11 Å². The van der Waals surface area contributed by atoms with Gasteiger partial charge in [0.25, 0.3) is 0 Å². The van der Waals surface area contributed by atoms with Crippen molar-refractivity contribution in [2.75, 3.05) is 11.9 Å². The summed E-state index contributed by atoms with van der Waals surface area (Å²) in [5, 5.41) is 13.2. The number of phenols is 1. The number of fused-ring (bicyclic) bond motifs is 1. The fraction of sp³-hybridized carbons (Fsp3) is 0.375. The number of benzene rings is 1. The van der Waals surface area contributed by atoms with Crippen molar-refractivity contribution in [3.05, 3.63) is 34.5 Å². The van der Waals surface area contributed by atoms with E-state index in [0.717, 1.165) is 36.5 Å². The minimum absolute atomic E-state index is 0.0743. The number of aryl methyl sites for hydroxylation is 1. The number of aromatic hydroxyl groups is 1. The number of hydrogen-bond donors (Lipinski definition) is 2. The van der Waals surface area contributed by atoms with Crippen LogP contribution in [0.1, 0.15) is 31.0 Å². The molecule has 1 aromatic heterocycles. The van der Waals surface area contributed by atoms with Gasteiger partial charge in [0.05, 0.1) is 5.02 Å². The summed E-state index contributed by atoms with van der Waals surface area (Å²) < 4.78 is 0. The lowest BCUT2D eigenvalue weighted by Gasteiger charge is -2.19. The maximum absolute atomic E-state index is 9.54. The van der Waals surface area contributed by atoms with E-state index in [-0.39, 0.29) is 5.75 Å². The second-order valence-electron chi connectivity index (χ2n) is 5.22. The fourth-order valence-electron chi connectivity index (χ4n) is 2.68. The van der Waals surface area contributed by atoms with E-state index in [1.165, 1.54) is 18.4 Å².